The van der Waals surface area contributed by atoms with E-state index in [-0.39, 0.29) is 0 Å². The Balaban J connectivity index is 1.51. The first-order valence-corrected chi connectivity index (χ1v) is 8.54. The summed E-state index contributed by atoms with van der Waals surface area (Å²) in [5.74, 6) is 0. The molecule has 0 saturated carbocycles. The molecule has 3 saturated heterocycles. The highest BCUT2D eigenvalue weighted by atomic mass is 15.3. The van der Waals surface area contributed by atoms with Crippen LogP contribution in [-0.4, -0.2) is 60.6 Å². The number of nitrogens with one attached hydrogen (secondary N) is 1. The summed E-state index contributed by atoms with van der Waals surface area (Å²) in [5, 5.41) is 3.71. The molecule has 3 rings (SSSR count). The van der Waals surface area contributed by atoms with E-state index in [9.17, 15) is 0 Å². The number of fused-ring (bicyclic) bond motifs is 1. The molecule has 110 valence electrons. The molecule has 3 unspecified atom stereocenters. The Morgan fingerprint density at radius 3 is 2.79 bits per heavy atom. The van der Waals surface area contributed by atoms with Gasteiger partial charge < -0.3 is 5.32 Å². The van der Waals surface area contributed by atoms with Crippen molar-refractivity contribution in [3.8, 4) is 0 Å². The van der Waals surface area contributed by atoms with Crippen LogP contribution in [0.3, 0.4) is 0 Å². The van der Waals surface area contributed by atoms with Gasteiger partial charge in [0.1, 0.15) is 0 Å². The summed E-state index contributed by atoms with van der Waals surface area (Å²) in [6.07, 6.45) is 9.80. The first kappa shape index (κ1) is 13.8. The number of rotatable bonds is 3. The second-order valence-corrected chi connectivity index (χ2v) is 6.91. The van der Waals surface area contributed by atoms with Crippen molar-refractivity contribution in [2.45, 2.75) is 70.0 Å². The van der Waals surface area contributed by atoms with Crippen LogP contribution in [0, 0.1) is 0 Å². The lowest BCUT2D eigenvalue weighted by Crippen LogP contribution is -2.44. The summed E-state index contributed by atoms with van der Waals surface area (Å²) in [6, 6.07) is 2.41. The van der Waals surface area contributed by atoms with Crippen molar-refractivity contribution in [1.29, 1.82) is 0 Å². The zero-order valence-corrected chi connectivity index (χ0v) is 12.6. The lowest BCUT2D eigenvalue weighted by atomic mass is 9.97. The third-order valence-electron chi connectivity index (χ3n) is 5.50. The molecule has 3 aliphatic rings. The van der Waals surface area contributed by atoms with Crippen molar-refractivity contribution >= 4 is 0 Å². The lowest BCUT2D eigenvalue weighted by Gasteiger charge is -2.34. The normalized spacial score (nSPS) is 35.8. The summed E-state index contributed by atoms with van der Waals surface area (Å²) >= 11 is 0. The van der Waals surface area contributed by atoms with Crippen molar-refractivity contribution in [2.24, 2.45) is 0 Å². The number of nitrogens with zero attached hydrogens (tertiary/aromatic N) is 2. The zero-order chi connectivity index (χ0) is 13.1. The molecule has 3 heteroatoms. The van der Waals surface area contributed by atoms with E-state index < -0.39 is 0 Å². The fraction of sp³-hybridized carbons (Fsp3) is 1.00. The first-order valence-electron chi connectivity index (χ1n) is 8.54. The molecule has 3 atom stereocenters. The summed E-state index contributed by atoms with van der Waals surface area (Å²) in [6.45, 7) is 9.05. The highest BCUT2D eigenvalue weighted by Crippen LogP contribution is 2.24. The molecule has 0 aromatic rings. The fourth-order valence-electron chi connectivity index (χ4n) is 4.32. The van der Waals surface area contributed by atoms with Gasteiger partial charge in [-0.2, -0.15) is 0 Å². The van der Waals surface area contributed by atoms with E-state index in [1.807, 2.05) is 0 Å². The number of hydrogen-bond donors (Lipinski definition) is 1. The van der Waals surface area contributed by atoms with E-state index in [0.717, 1.165) is 18.1 Å². The van der Waals surface area contributed by atoms with Crippen molar-refractivity contribution in [3.63, 3.8) is 0 Å². The van der Waals surface area contributed by atoms with E-state index >= 15 is 0 Å². The number of hydrogen-bond acceptors (Lipinski definition) is 3. The predicted octanol–water partition coefficient (Wildman–Crippen LogP) is 2.08. The van der Waals surface area contributed by atoms with Crippen molar-refractivity contribution < 1.29 is 0 Å². The van der Waals surface area contributed by atoms with Crippen LogP contribution < -0.4 is 5.32 Å². The Kier molecular flexibility index (Phi) is 4.78. The van der Waals surface area contributed by atoms with Gasteiger partial charge in [-0.05, 0) is 71.6 Å². The molecule has 0 aromatic heterocycles. The van der Waals surface area contributed by atoms with Crippen molar-refractivity contribution in [3.05, 3.63) is 0 Å². The van der Waals surface area contributed by atoms with Crippen LogP contribution in [0.15, 0.2) is 0 Å². The van der Waals surface area contributed by atoms with E-state index in [0.29, 0.717) is 0 Å². The minimum atomic E-state index is 0.760. The maximum atomic E-state index is 3.71. The van der Waals surface area contributed by atoms with Crippen LogP contribution in [0.25, 0.3) is 0 Å². The molecule has 3 aliphatic heterocycles. The topological polar surface area (TPSA) is 18.5 Å². The van der Waals surface area contributed by atoms with Gasteiger partial charge in [0.15, 0.2) is 0 Å². The van der Waals surface area contributed by atoms with Crippen LogP contribution >= 0.6 is 0 Å². The Bertz CT molecular complexity index is 275. The third kappa shape index (κ3) is 3.50. The standard InChI is InChI=1S/C16H31N3/c1-14(12-15-6-2-3-8-17-15)19-11-5-10-18-9-4-7-16(18)13-19/h14-17H,2-13H2,1H3. The minimum absolute atomic E-state index is 0.760. The lowest BCUT2D eigenvalue weighted by molar-refractivity contribution is 0.161. The maximum Gasteiger partial charge on any atom is 0.0223 e. The van der Waals surface area contributed by atoms with E-state index in [1.54, 1.807) is 0 Å². The van der Waals surface area contributed by atoms with Crippen LogP contribution in [0.2, 0.25) is 0 Å². The zero-order valence-electron chi connectivity index (χ0n) is 12.6. The Morgan fingerprint density at radius 2 is 1.95 bits per heavy atom. The van der Waals surface area contributed by atoms with E-state index in [4.69, 9.17) is 0 Å². The van der Waals surface area contributed by atoms with Gasteiger partial charge in [-0.1, -0.05) is 6.42 Å². The first-order chi connectivity index (χ1) is 9.33. The summed E-state index contributed by atoms with van der Waals surface area (Å²) in [7, 11) is 0. The largest absolute Gasteiger partial charge is 0.314 e. The van der Waals surface area contributed by atoms with E-state index in [2.05, 4.69) is 22.0 Å². The average Bonchev–Trinajstić information content (AvgIpc) is 2.77. The molecule has 0 spiro atoms. The molecule has 0 amide bonds. The SMILES string of the molecule is CC(CC1CCCCN1)N1CCCN2CCCC2C1. The molecule has 3 nitrogen and oxygen atoms in total. The van der Waals surface area contributed by atoms with Crippen molar-refractivity contribution in [1.82, 2.24) is 15.1 Å². The number of piperidine rings is 1. The van der Waals surface area contributed by atoms with Gasteiger partial charge >= 0.3 is 0 Å². The van der Waals surface area contributed by atoms with Crippen LogP contribution in [0.4, 0.5) is 0 Å². The molecule has 0 aromatic carbocycles. The van der Waals surface area contributed by atoms with Gasteiger partial charge in [-0.3, -0.25) is 9.80 Å². The van der Waals surface area contributed by atoms with Crippen LogP contribution in [-0.2, 0) is 0 Å². The summed E-state index contributed by atoms with van der Waals surface area (Å²) < 4.78 is 0. The molecular weight excluding hydrogens is 234 g/mol. The van der Waals surface area contributed by atoms with Crippen LogP contribution in [0.1, 0.15) is 51.9 Å². The Hall–Kier alpha value is -0.120. The molecular formula is C16H31N3. The minimum Gasteiger partial charge on any atom is -0.314 e. The molecule has 0 radical (unpaired) electrons. The Labute approximate surface area is 118 Å². The molecule has 0 aliphatic carbocycles. The van der Waals surface area contributed by atoms with Gasteiger partial charge in [0.2, 0.25) is 0 Å². The van der Waals surface area contributed by atoms with E-state index in [1.165, 1.54) is 77.7 Å². The molecule has 19 heavy (non-hydrogen) atoms. The van der Waals surface area contributed by atoms with Gasteiger partial charge in [0.25, 0.3) is 0 Å². The fourth-order valence-corrected chi connectivity index (χ4v) is 4.32. The molecule has 3 fully saturated rings. The summed E-state index contributed by atoms with van der Waals surface area (Å²) in [4.78, 5) is 5.53. The van der Waals surface area contributed by atoms with Gasteiger partial charge in [0.05, 0.1) is 0 Å². The highest BCUT2D eigenvalue weighted by molar-refractivity contribution is 4.88. The monoisotopic (exact) mass is 265 g/mol. The van der Waals surface area contributed by atoms with Gasteiger partial charge in [-0.15, -0.1) is 0 Å². The Morgan fingerprint density at radius 1 is 1.05 bits per heavy atom. The second kappa shape index (κ2) is 6.55. The average molecular weight is 265 g/mol. The highest BCUT2D eigenvalue weighted by Gasteiger charge is 2.31. The second-order valence-electron chi connectivity index (χ2n) is 6.91. The van der Waals surface area contributed by atoms with Crippen LogP contribution in [0.5, 0.6) is 0 Å². The third-order valence-corrected chi connectivity index (χ3v) is 5.50. The van der Waals surface area contributed by atoms with Gasteiger partial charge in [-0.25, -0.2) is 0 Å². The smallest absolute Gasteiger partial charge is 0.0223 e. The molecule has 3 heterocycles. The molecule has 1 N–H and O–H groups in total. The maximum absolute atomic E-state index is 3.71. The summed E-state index contributed by atoms with van der Waals surface area (Å²) in [5.41, 5.74) is 0. The van der Waals surface area contributed by atoms with Gasteiger partial charge in [0, 0.05) is 24.7 Å². The molecule has 0 bridgehead atoms. The predicted molar refractivity (Wildman–Crippen MR) is 80.5 cm³/mol. The van der Waals surface area contributed by atoms with Crippen molar-refractivity contribution in [2.75, 3.05) is 32.7 Å². The quantitative estimate of drug-likeness (QED) is 0.843.